The molecule has 0 amide bonds. The molecule has 5 heteroatoms. The van der Waals surface area contributed by atoms with Crippen molar-refractivity contribution in [2.45, 2.75) is 6.04 Å². The summed E-state index contributed by atoms with van der Waals surface area (Å²) in [4.78, 5) is 2.41. The van der Waals surface area contributed by atoms with Gasteiger partial charge in [0.25, 0.3) is 0 Å². The molecule has 1 aliphatic heterocycles. The van der Waals surface area contributed by atoms with Gasteiger partial charge in [-0.2, -0.15) is 0 Å². The largest absolute Gasteiger partial charge is 0.314 e. The SMILES string of the molecule is C=C[C@@H](c1ccccc1Cl)N1CCNCC1.Cl.Cl. The Balaban J connectivity index is 0.00000144. The molecule has 1 heterocycles. The van der Waals surface area contributed by atoms with Crippen LogP contribution in [0.15, 0.2) is 36.9 Å². The molecule has 1 aromatic rings. The molecule has 1 saturated heterocycles. The van der Waals surface area contributed by atoms with Gasteiger partial charge in [0.2, 0.25) is 0 Å². The second-order valence-electron chi connectivity index (χ2n) is 3.99. The van der Waals surface area contributed by atoms with Crippen molar-refractivity contribution in [2.75, 3.05) is 26.2 Å². The van der Waals surface area contributed by atoms with Gasteiger partial charge in [-0.25, -0.2) is 0 Å². The maximum Gasteiger partial charge on any atom is 0.0544 e. The first-order valence-electron chi connectivity index (χ1n) is 5.64. The summed E-state index contributed by atoms with van der Waals surface area (Å²) in [6, 6.07) is 8.24. The van der Waals surface area contributed by atoms with Crippen molar-refractivity contribution < 1.29 is 0 Å². The highest BCUT2D eigenvalue weighted by Crippen LogP contribution is 2.28. The standard InChI is InChI=1S/C13H17ClN2.2ClH/c1-2-13(16-9-7-15-8-10-16)11-5-3-4-6-12(11)14;;/h2-6,13,15H,1,7-10H2;2*1H/t13-;;/m0../s1. The van der Waals surface area contributed by atoms with Gasteiger partial charge in [-0.3, -0.25) is 4.90 Å². The monoisotopic (exact) mass is 308 g/mol. The fourth-order valence-corrected chi connectivity index (χ4v) is 2.40. The second kappa shape index (κ2) is 8.78. The van der Waals surface area contributed by atoms with Crippen LogP contribution in [-0.2, 0) is 0 Å². The zero-order valence-corrected chi connectivity index (χ0v) is 12.5. The number of halogens is 3. The van der Waals surface area contributed by atoms with Crippen LogP contribution >= 0.6 is 36.4 Å². The van der Waals surface area contributed by atoms with E-state index in [-0.39, 0.29) is 30.9 Å². The van der Waals surface area contributed by atoms with Crippen molar-refractivity contribution in [1.29, 1.82) is 0 Å². The second-order valence-corrected chi connectivity index (χ2v) is 4.40. The molecule has 0 radical (unpaired) electrons. The van der Waals surface area contributed by atoms with Crippen LogP contribution in [0.25, 0.3) is 0 Å². The maximum atomic E-state index is 6.23. The lowest BCUT2D eigenvalue weighted by Gasteiger charge is -2.33. The Labute approximate surface area is 126 Å². The molecule has 0 saturated carbocycles. The van der Waals surface area contributed by atoms with Gasteiger partial charge in [0.05, 0.1) is 6.04 Å². The summed E-state index contributed by atoms with van der Waals surface area (Å²) in [5.41, 5.74) is 1.15. The van der Waals surface area contributed by atoms with Crippen molar-refractivity contribution in [2.24, 2.45) is 0 Å². The molecule has 1 atom stereocenters. The zero-order valence-electron chi connectivity index (χ0n) is 10.1. The summed E-state index contributed by atoms with van der Waals surface area (Å²) >= 11 is 6.23. The molecule has 1 aromatic carbocycles. The number of benzene rings is 1. The lowest BCUT2D eigenvalue weighted by atomic mass is 10.0. The van der Waals surface area contributed by atoms with Gasteiger partial charge in [-0.15, -0.1) is 31.4 Å². The van der Waals surface area contributed by atoms with E-state index in [1.807, 2.05) is 24.3 Å². The molecular weight excluding hydrogens is 291 g/mol. The van der Waals surface area contributed by atoms with Crippen LogP contribution in [0, 0.1) is 0 Å². The van der Waals surface area contributed by atoms with E-state index in [2.05, 4.69) is 22.9 Å². The van der Waals surface area contributed by atoms with Gasteiger partial charge in [0.1, 0.15) is 0 Å². The van der Waals surface area contributed by atoms with E-state index in [1.54, 1.807) is 0 Å². The third-order valence-electron chi connectivity index (χ3n) is 2.99. The van der Waals surface area contributed by atoms with Gasteiger partial charge in [0.15, 0.2) is 0 Å². The highest BCUT2D eigenvalue weighted by Gasteiger charge is 2.20. The van der Waals surface area contributed by atoms with Gasteiger partial charge in [-0.05, 0) is 11.6 Å². The summed E-state index contributed by atoms with van der Waals surface area (Å²) in [5.74, 6) is 0. The number of hydrogen-bond donors (Lipinski definition) is 1. The maximum absolute atomic E-state index is 6.23. The molecule has 0 aromatic heterocycles. The summed E-state index contributed by atoms with van der Waals surface area (Å²) in [6.45, 7) is 8.09. The Hall–Kier alpha value is -0.250. The van der Waals surface area contributed by atoms with Crippen LogP contribution in [0.5, 0.6) is 0 Å². The lowest BCUT2D eigenvalue weighted by Crippen LogP contribution is -2.44. The highest BCUT2D eigenvalue weighted by atomic mass is 35.5. The van der Waals surface area contributed by atoms with Crippen molar-refractivity contribution in [3.8, 4) is 0 Å². The van der Waals surface area contributed by atoms with Gasteiger partial charge in [-0.1, -0.05) is 35.9 Å². The van der Waals surface area contributed by atoms with E-state index >= 15 is 0 Å². The number of rotatable bonds is 3. The fraction of sp³-hybridized carbons (Fsp3) is 0.385. The van der Waals surface area contributed by atoms with Crippen LogP contribution < -0.4 is 5.32 Å². The van der Waals surface area contributed by atoms with Crippen LogP contribution in [0.4, 0.5) is 0 Å². The van der Waals surface area contributed by atoms with E-state index in [4.69, 9.17) is 11.6 Å². The van der Waals surface area contributed by atoms with E-state index in [0.29, 0.717) is 0 Å². The molecule has 0 bridgehead atoms. The molecule has 102 valence electrons. The zero-order chi connectivity index (χ0) is 11.4. The van der Waals surface area contributed by atoms with Crippen molar-refractivity contribution >= 4 is 36.4 Å². The Morgan fingerprint density at radius 2 is 1.83 bits per heavy atom. The minimum Gasteiger partial charge on any atom is -0.314 e. The van der Waals surface area contributed by atoms with Gasteiger partial charge in [0, 0.05) is 31.2 Å². The third-order valence-corrected chi connectivity index (χ3v) is 3.34. The topological polar surface area (TPSA) is 15.3 Å². The first-order chi connectivity index (χ1) is 7.83. The Morgan fingerprint density at radius 1 is 1.22 bits per heavy atom. The summed E-state index contributed by atoms with van der Waals surface area (Å²) in [5, 5.41) is 4.18. The van der Waals surface area contributed by atoms with E-state index < -0.39 is 0 Å². The number of nitrogens with one attached hydrogen (secondary N) is 1. The van der Waals surface area contributed by atoms with Crippen LogP contribution in [-0.4, -0.2) is 31.1 Å². The minimum atomic E-state index is 0. The van der Waals surface area contributed by atoms with Crippen molar-refractivity contribution in [3.63, 3.8) is 0 Å². The lowest BCUT2D eigenvalue weighted by molar-refractivity contribution is 0.203. The molecule has 0 spiro atoms. The predicted molar refractivity (Wildman–Crippen MR) is 83.3 cm³/mol. The summed E-state index contributed by atoms with van der Waals surface area (Å²) < 4.78 is 0. The predicted octanol–water partition coefficient (Wildman–Crippen LogP) is 3.32. The molecule has 2 rings (SSSR count). The van der Waals surface area contributed by atoms with Gasteiger partial charge < -0.3 is 5.32 Å². The molecule has 0 aliphatic carbocycles. The summed E-state index contributed by atoms with van der Waals surface area (Å²) in [7, 11) is 0. The molecular formula is C13H19Cl3N2. The minimum absolute atomic E-state index is 0. The highest BCUT2D eigenvalue weighted by molar-refractivity contribution is 6.31. The van der Waals surface area contributed by atoms with E-state index in [1.165, 1.54) is 0 Å². The molecule has 18 heavy (non-hydrogen) atoms. The molecule has 1 N–H and O–H groups in total. The van der Waals surface area contributed by atoms with Crippen LogP contribution in [0.1, 0.15) is 11.6 Å². The van der Waals surface area contributed by atoms with E-state index in [9.17, 15) is 0 Å². The quantitative estimate of drug-likeness (QED) is 0.862. The molecule has 1 aliphatic rings. The van der Waals surface area contributed by atoms with E-state index in [0.717, 1.165) is 36.8 Å². The normalized spacial score (nSPS) is 17.2. The van der Waals surface area contributed by atoms with Crippen LogP contribution in [0.2, 0.25) is 5.02 Å². The molecule has 0 unspecified atom stereocenters. The van der Waals surface area contributed by atoms with Crippen molar-refractivity contribution in [1.82, 2.24) is 10.2 Å². The van der Waals surface area contributed by atoms with Crippen LogP contribution in [0.3, 0.4) is 0 Å². The first kappa shape index (κ1) is 17.8. The third kappa shape index (κ3) is 4.15. The molecule has 2 nitrogen and oxygen atoms in total. The van der Waals surface area contributed by atoms with Crippen molar-refractivity contribution in [3.05, 3.63) is 47.5 Å². The number of hydrogen-bond acceptors (Lipinski definition) is 2. The summed E-state index contributed by atoms with van der Waals surface area (Å²) in [6.07, 6.45) is 1.98. The Kier molecular flexibility index (Phi) is 8.66. The Morgan fingerprint density at radius 3 is 2.39 bits per heavy atom. The Bertz CT molecular complexity index is 365. The average molecular weight is 310 g/mol. The van der Waals surface area contributed by atoms with Gasteiger partial charge >= 0.3 is 0 Å². The molecule has 1 fully saturated rings. The number of piperazine rings is 1. The average Bonchev–Trinajstić information content (AvgIpc) is 2.34. The first-order valence-corrected chi connectivity index (χ1v) is 6.02. The number of nitrogens with zero attached hydrogens (tertiary/aromatic N) is 1. The smallest absolute Gasteiger partial charge is 0.0544 e. The fourth-order valence-electron chi connectivity index (χ4n) is 2.15.